The quantitative estimate of drug-likeness (QED) is 0.742. The maximum Gasteiger partial charge on any atom is 0.0701 e. The van der Waals surface area contributed by atoms with E-state index in [2.05, 4.69) is 24.3 Å². The van der Waals surface area contributed by atoms with E-state index in [-0.39, 0.29) is 0 Å². The van der Waals surface area contributed by atoms with E-state index in [1.165, 1.54) is 38.6 Å². The van der Waals surface area contributed by atoms with Crippen molar-refractivity contribution in [3.63, 3.8) is 0 Å². The number of nitrogens with zero attached hydrogens (tertiary/aromatic N) is 1. The number of rotatable bonds is 6. The van der Waals surface area contributed by atoms with Gasteiger partial charge in [0.15, 0.2) is 0 Å². The molecule has 0 aromatic rings. The van der Waals surface area contributed by atoms with Crippen LogP contribution in [0.1, 0.15) is 32.1 Å². The Morgan fingerprint density at radius 3 is 2.69 bits per heavy atom. The summed E-state index contributed by atoms with van der Waals surface area (Å²) >= 11 is 0. The van der Waals surface area contributed by atoms with Gasteiger partial charge in [0, 0.05) is 25.7 Å². The summed E-state index contributed by atoms with van der Waals surface area (Å²) in [6.45, 7) is 3.24. The number of likely N-dealkylation sites (N-methyl/N-ethyl adjacent to an activating group) is 2. The molecular formula is C13H26N2O. The number of nitrogens with one attached hydrogen (secondary N) is 1. The minimum absolute atomic E-state index is 0.482. The van der Waals surface area contributed by atoms with Crippen LogP contribution in [0.4, 0.5) is 0 Å². The topological polar surface area (TPSA) is 24.5 Å². The van der Waals surface area contributed by atoms with Crippen LogP contribution >= 0.6 is 0 Å². The van der Waals surface area contributed by atoms with Crippen LogP contribution < -0.4 is 5.32 Å². The summed E-state index contributed by atoms with van der Waals surface area (Å²) in [5.74, 6) is 0.930. The Kier molecular flexibility index (Phi) is 4.62. The van der Waals surface area contributed by atoms with E-state index in [4.69, 9.17) is 4.74 Å². The van der Waals surface area contributed by atoms with Crippen LogP contribution in [0.2, 0.25) is 0 Å². The van der Waals surface area contributed by atoms with Gasteiger partial charge in [-0.2, -0.15) is 0 Å². The van der Waals surface area contributed by atoms with Crippen LogP contribution in [-0.4, -0.2) is 50.8 Å². The molecule has 3 nitrogen and oxygen atoms in total. The monoisotopic (exact) mass is 226 g/mol. The van der Waals surface area contributed by atoms with Crippen molar-refractivity contribution in [1.29, 1.82) is 0 Å². The first-order valence-corrected chi connectivity index (χ1v) is 6.77. The molecule has 1 saturated heterocycles. The Hall–Kier alpha value is -0.120. The lowest BCUT2D eigenvalue weighted by Gasteiger charge is -2.29. The molecule has 1 N–H and O–H groups in total. The molecule has 0 spiro atoms. The van der Waals surface area contributed by atoms with Crippen molar-refractivity contribution >= 4 is 0 Å². The van der Waals surface area contributed by atoms with Gasteiger partial charge in [0.25, 0.3) is 0 Å². The van der Waals surface area contributed by atoms with Gasteiger partial charge in [0.2, 0.25) is 0 Å². The van der Waals surface area contributed by atoms with Gasteiger partial charge < -0.3 is 15.0 Å². The largest absolute Gasteiger partial charge is 0.377 e. The molecule has 94 valence electrons. The molecule has 2 atom stereocenters. The fourth-order valence-corrected chi connectivity index (χ4v) is 2.68. The molecule has 0 aromatic carbocycles. The van der Waals surface area contributed by atoms with E-state index >= 15 is 0 Å². The first-order chi connectivity index (χ1) is 7.79. The summed E-state index contributed by atoms with van der Waals surface area (Å²) in [5.41, 5.74) is 0. The van der Waals surface area contributed by atoms with Gasteiger partial charge in [0.05, 0.1) is 6.10 Å². The zero-order valence-electron chi connectivity index (χ0n) is 10.7. The second-order valence-electron chi connectivity index (χ2n) is 5.44. The maximum atomic E-state index is 5.78. The molecule has 1 saturated carbocycles. The fourth-order valence-electron chi connectivity index (χ4n) is 2.68. The molecular weight excluding hydrogens is 200 g/mol. The lowest BCUT2D eigenvalue weighted by molar-refractivity contribution is -0.00280. The second kappa shape index (κ2) is 5.99. The Morgan fingerprint density at radius 1 is 1.31 bits per heavy atom. The van der Waals surface area contributed by atoms with Crippen molar-refractivity contribution in [2.24, 2.45) is 5.92 Å². The molecule has 1 aliphatic carbocycles. The Morgan fingerprint density at radius 2 is 2.12 bits per heavy atom. The smallest absolute Gasteiger partial charge is 0.0701 e. The molecule has 2 fully saturated rings. The molecule has 1 heterocycles. The highest BCUT2D eigenvalue weighted by Gasteiger charge is 2.31. The van der Waals surface area contributed by atoms with Crippen molar-refractivity contribution in [2.75, 3.05) is 33.8 Å². The van der Waals surface area contributed by atoms with E-state index in [0.29, 0.717) is 12.1 Å². The van der Waals surface area contributed by atoms with Gasteiger partial charge >= 0.3 is 0 Å². The van der Waals surface area contributed by atoms with Gasteiger partial charge in [-0.05, 0) is 52.1 Å². The Bertz CT molecular complexity index is 200. The number of hydrogen-bond donors (Lipinski definition) is 1. The third-order valence-electron chi connectivity index (χ3n) is 3.86. The van der Waals surface area contributed by atoms with Gasteiger partial charge in [-0.1, -0.05) is 0 Å². The van der Waals surface area contributed by atoms with Gasteiger partial charge in [-0.3, -0.25) is 0 Å². The highest BCUT2D eigenvalue weighted by Crippen LogP contribution is 2.32. The Balaban J connectivity index is 1.67. The summed E-state index contributed by atoms with van der Waals surface area (Å²) in [6, 6.07) is 0.689. The third-order valence-corrected chi connectivity index (χ3v) is 3.86. The van der Waals surface area contributed by atoms with Gasteiger partial charge in [-0.15, -0.1) is 0 Å². The van der Waals surface area contributed by atoms with E-state index in [0.717, 1.165) is 19.1 Å². The minimum atomic E-state index is 0.482. The summed E-state index contributed by atoms with van der Waals surface area (Å²) in [6.07, 6.45) is 7.16. The molecule has 2 rings (SSSR count). The highest BCUT2D eigenvalue weighted by atomic mass is 16.5. The molecule has 2 aliphatic rings. The lowest BCUT2D eigenvalue weighted by atomic mass is 10.1. The second-order valence-corrected chi connectivity index (χ2v) is 5.44. The average molecular weight is 226 g/mol. The SMILES string of the molecule is CNC(CN(C)CC1CCCCO1)C1CC1. The van der Waals surface area contributed by atoms with Crippen molar-refractivity contribution in [3.8, 4) is 0 Å². The van der Waals surface area contributed by atoms with Crippen molar-refractivity contribution in [1.82, 2.24) is 10.2 Å². The number of hydrogen-bond acceptors (Lipinski definition) is 3. The third kappa shape index (κ3) is 3.72. The standard InChI is InChI=1S/C13H26N2O/c1-14-13(11-6-7-11)10-15(2)9-12-5-3-4-8-16-12/h11-14H,3-10H2,1-2H3. The molecule has 0 aromatic heterocycles. The molecule has 3 heteroatoms. The minimum Gasteiger partial charge on any atom is -0.377 e. The van der Waals surface area contributed by atoms with Crippen molar-refractivity contribution < 1.29 is 4.74 Å². The zero-order chi connectivity index (χ0) is 11.4. The van der Waals surface area contributed by atoms with Crippen LogP contribution in [0.15, 0.2) is 0 Å². The first kappa shape index (κ1) is 12.3. The predicted octanol–water partition coefficient (Wildman–Crippen LogP) is 1.49. The van der Waals surface area contributed by atoms with Crippen LogP contribution in [0, 0.1) is 5.92 Å². The molecule has 16 heavy (non-hydrogen) atoms. The van der Waals surface area contributed by atoms with Crippen LogP contribution in [0.5, 0.6) is 0 Å². The molecule has 0 radical (unpaired) electrons. The summed E-state index contributed by atoms with van der Waals surface area (Å²) in [4.78, 5) is 2.44. The van der Waals surface area contributed by atoms with E-state index in [1.54, 1.807) is 0 Å². The number of ether oxygens (including phenoxy) is 1. The highest BCUT2D eigenvalue weighted by molar-refractivity contribution is 4.87. The van der Waals surface area contributed by atoms with E-state index in [1.807, 2.05) is 0 Å². The van der Waals surface area contributed by atoms with Gasteiger partial charge in [-0.25, -0.2) is 0 Å². The molecule has 0 amide bonds. The zero-order valence-corrected chi connectivity index (χ0v) is 10.7. The van der Waals surface area contributed by atoms with Crippen LogP contribution in [-0.2, 0) is 4.74 Å². The Labute approximate surface area is 99.5 Å². The van der Waals surface area contributed by atoms with E-state index in [9.17, 15) is 0 Å². The molecule has 2 unspecified atom stereocenters. The lowest BCUT2D eigenvalue weighted by Crippen LogP contribution is -2.42. The van der Waals surface area contributed by atoms with Crippen molar-refractivity contribution in [2.45, 2.75) is 44.2 Å². The van der Waals surface area contributed by atoms with Crippen LogP contribution in [0.3, 0.4) is 0 Å². The summed E-state index contributed by atoms with van der Waals surface area (Å²) in [5, 5.41) is 3.45. The summed E-state index contributed by atoms with van der Waals surface area (Å²) < 4.78 is 5.78. The maximum absolute atomic E-state index is 5.78. The summed E-state index contributed by atoms with van der Waals surface area (Å²) in [7, 11) is 4.32. The fraction of sp³-hybridized carbons (Fsp3) is 1.00. The predicted molar refractivity (Wildman–Crippen MR) is 66.7 cm³/mol. The van der Waals surface area contributed by atoms with Crippen LogP contribution in [0.25, 0.3) is 0 Å². The normalized spacial score (nSPS) is 28.3. The molecule has 0 bridgehead atoms. The van der Waals surface area contributed by atoms with E-state index < -0.39 is 0 Å². The molecule has 1 aliphatic heterocycles. The van der Waals surface area contributed by atoms with Gasteiger partial charge in [0.1, 0.15) is 0 Å². The average Bonchev–Trinajstić information content (AvgIpc) is 3.11. The van der Waals surface area contributed by atoms with Crippen molar-refractivity contribution in [3.05, 3.63) is 0 Å². The first-order valence-electron chi connectivity index (χ1n) is 6.77.